The highest BCUT2D eigenvalue weighted by molar-refractivity contribution is 7.99. The molecule has 0 saturated carbocycles. The molecule has 0 aromatic rings. The van der Waals surface area contributed by atoms with Crippen LogP contribution in [0.2, 0.25) is 0 Å². The summed E-state index contributed by atoms with van der Waals surface area (Å²) in [4.78, 5) is 10.3. The highest BCUT2D eigenvalue weighted by atomic mass is 32.2. The standard InChI is InChI=1S/C12H24O2S2/c1-2-15-9-5-3-6-10-16-11-7-4-8-12(13)14/h2-11H2,1H3,(H,13,14). The first-order chi connectivity index (χ1) is 7.77. The average molecular weight is 264 g/mol. The van der Waals surface area contributed by atoms with E-state index in [1.54, 1.807) is 0 Å². The SMILES string of the molecule is CCSCCCCCSCCCCC(=O)O. The van der Waals surface area contributed by atoms with Crippen LogP contribution in [0.1, 0.15) is 45.4 Å². The quantitative estimate of drug-likeness (QED) is 0.542. The summed E-state index contributed by atoms with van der Waals surface area (Å²) in [6, 6.07) is 0. The van der Waals surface area contributed by atoms with Gasteiger partial charge in [-0.2, -0.15) is 23.5 Å². The van der Waals surface area contributed by atoms with Gasteiger partial charge in [0.1, 0.15) is 0 Å². The predicted octanol–water partition coefficient (Wildman–Crippen LogP) is 3.90. The maximum absolute atomic E-state index is 10.3. The molecule has 0 spiro atoms. The van der Waals surface area contributed by atoms with Gasteiger partial charge in [0.2, 0.25) is 0 Å². The second-order valence-corrected chi connectivity index (χ2v) is 6.34. The number of thioether (sulfide) groups is 2. The van der Waals surface area contributed by atoms with Crippen molar-refractivity contribution in [2.75, 3.05) is 23.0 Å². The lowest BCUT2D eigenvalue weighted by atomic mass is 10.2. The smallest absolute Gasteiger partial charge is 0.303 e. The molecule has 0 aliphatic carbocycles. The predicted molar refractivity (Wildman–Crippen MR) is 75.7 cm³/mol. The molecule has 16 heavy (non-hydrogen) atoms. The van der Waals surface area contributed by atoms with Crippen LogP contribution in [-0.4, -0.2) is 34.1 Å². The van der Waals surface area contributed by atoms with Crippen LogP contribution in [0, 0.1) is 0 Å². The highest BCUT2D eigenvalue weighted by Crippen LogP contribution is 2.11. The molecule has 1 N–H and O–H groups in total. The van der Waals surface area contributed by atoms with Crippen LogP contribution in [0.15, 0.2) is 0 Å². The first-order valence-corrected chi connectivity index (χ1v) is 8.45. The Hall–Kier alpha value is 0.170. The number of hydrogen-bond donors (Lipinski definition) is 1. The van der Waals surface area contributed by atoms with Gasteiger partial charge in [-0.15, -0.1) is 0 Å². The lowest BCUT2D eigenvalue weighted by Crippen LogP contribution is -1.94. The van der Waals surface area contributed by atoms with E-state index < -0.39 is 5.97 Å². The van der Waals surface area contributed by atoms with Crippen LogP contribution >= 0.6 is 23.5 Å². The zero-order valence-electron chi connectivity index (χ0n) is 10.2. The molecule has 0 unspecified atom stereocenters. The van der Waals surface area contributed by atoms with E-state index in [1.165, 1.54) is 36.5 Å². The molecule has 0 radical (unpaired) electrons. The van der Waals surface area contributed by atoms with E-state index in [-0.39, 0.29) is 0 Å². The maximum atomic E-state index is 10.3. The summed E-state index contributed by atoms with van der Waals surface area (Å²) >= 11 is 3.99. The minimum absolute atomic E-state index is 0.328. The summed E-state index contributed by atoms with van der Waals surface area (Å²) in [5.74, 6) is 4.23. The van der Waals surface area contributed by atoms with Gasteiger partial charge in [0, 0.05) is 6.42 Å². The molecule has 4 heteroatoms. The van der Waals surface area contributed by atoms with Gasteiger partial charge in [0.05, 0.1) is 0 Å². The zero-order chi connectivity index (χ0) is 12.1. The molecule has 0 aliphatic rings. The normalized spacial score (nSPS) is 10.6. The molecule has 0 rings (SSSR count). The van der Waals surface area contributed by atoms with E-state index >= 15 is 0 Å². The molecule has 0 fully saturated rings. The van der Waals surface area contributed by atoms with Gasteiger partial charge in [-0.3, -0.25) is 4.79 Å². The van der Waals surface area contributed by atoms with Crippen LogP contribution in [0.4, 0.5) is 0 Å². The van der Waals surface area contributed by atoms with Gasteiger partial charge in [0.15, 0.2) is 0 Å². The lowest BCUT2D eigenvalue weighted by molar-refractivity contribution is -0.137. The zero-order valence-corrected chi connectivity index (χ0v) is 11.9. The van der Waals surface area contributed by atoms with Crippen LogP contribution < -0.4 is 0 Å². The highest BCUT2D eigenvalue weighted by Gasteiger charge is 1.96. The summed E-state index contributed by atoms with van der Waals surface area (Å²) in [6.07, 6.45) is 6.20. The van der Waals surface area contributed by atoms with Gasteiger partial charge in [-0.25, -0.2) is 0 Å². The maximum Gasteiger partial charge on any atom is 0.303 e. The molecule has 0 amide bonds. The number of unbranched alkanes of at least 4 members (excludes halogenated alkanes) is 3. The van der Waals surface area contributed by atoms with Crippen LogP contribution in [0.25, 0.3) is 0 Å². The Morgan fingerprint density at radius 2 is 1.50 bits per heavy atom. The molecule has 2 nitrogen and oxygen atoms in total. The van der Waals surface area contributed by atoms with Gasteiger partial charge in [-0.05, 0) is 48.7 Å². The molecule has 0 atom stereocenters. The first-order valence-electron chi connectivity index (χ1n) is 6.14. The fourth-order valence-corrected chi connectivity index (χ4v) is 3.03. The van der Waals surface area contributed by atoms with Crippen molar-refractivity contribution in [1.82, 2.24) is 0 Å². The van der Waals surface area contributed by atoms with E-state index in [0.717, 1.165) is 18.6 Å². The van der Waals surface area contributed by atoms with E-state index in [0.29, 0.717) is 6.42 Å². The minimum Gasteiger partial charge on any atom is -0.481 e. The number of rotatable bonds is 12. The summed E-state index contributed by atoms with van der Waals surface area (Å²) in [5.41, 5.74) is 0. The van der Waals surface area contributed by atoms with E-state index in [2.05, 4.69) is 6.92 Å². The Morgan fingerprint density at radius 1 is 0.938 bits per heavy atom. The molecule has 0 saturated heterocycles. The van der Waals surface area contributed by atoms with Crippen molar-refractivity contribution in [1.29, 1.82) is 0 Å². The fraction of sp³-hybridized carbons (Fsp3) is 0.917. The molecule has 0 aliphatic heterocycles. The van der Waals surface area contributed by atoms with Gasteiger partial charge in [-0.1, -0.05) is 13.3 Å². The van der Waals surface area contributed by atoms with Crippen molar-refractivity contribution in [3.8, 4) is 0 Å². The van der Waals surface area contributed by atoms with Crippen LogP contribution in [-0.2, 0) is 4.79 Å². The number of carbonyl (C=O) groups is 1. The Kier molecular flexibility index (Phi) is 13.4. The Balaban J connectivity index is 2.90. The number of hydrogen-bond acceptors (Lipinski definition) is 3. The van der Waals surface area contributed by atoms with Gasteiger partial charge >= 0.3 is 5.97 Å². The molecule has 0 heterocycles. The first kappa shape index (κ1) is 16.2. The van der Waals surface area contributed by atoms with Crippen molar-refractivity contribution in [3.63, 3.8) is 0 Å². The Bertz CT molecular complexity index is 163. The number of aliphatic carboxylic acids is 1. The second kappa shape index (κ2) is 13.2. The number of carboxylic acid groups (broad SMARTS) is 1. The van der Waals surface area contributed by atoms with Gasteiger partial charge < -0.3 is 5.11 Å². The Morgan fingerprint density at radius 3 is 2.06 bits per heavy atom. The third-order valence-electron chi connectivity index (χ3n) is 2.21. The van der Waals surface area contributed by atoms with Crippen LogP contribution in [0.5, 0.6) is 0 Å². The van der Waals surface area contributed by atoms with Crippen molar-refractivity contribution in [3.05, 3.63) is 0 Å². The largest absolute Gasteiger partial charge is 0.481 e. The van der Waals surface area contributed by atoms with Crippen molar-refractivity contribution in [2.45, 2.75) is 45.4 Å². The van der Waals surface area contributed by atoms with E-state index in [1.807, 2.05) is 23.5 Å². The molecular formula is C12H24O2S2. The van der Waals surface area contributed by atoms with Crippen LogP contribution in [0.3, 0.4) is 0 Å². The Labute approximate surface area is 108 Å². The van der Waals surface area contributed by atoms with Crippen molar-refractivity contribution >= 4 is 29.5 Å². The third kappa shape index (κ3) is 14.2. The molecule has 0 aromatic carbocycles. The minimum atomic E-state index is -0.668. The average Bonchev–Trinajstić information content (AvgIpc) is 2.25. The van der Waals surface area contributed by atoms with Crippen molar-refractivity contribution < 1.29 is 9.90 Å². The third-order valence-corrected chi connectivity index (χ3v) is 4.35. The monoisotopic (exact) mass is 264 g/mol. The summed E-state index contributed by atoms with van der Waals surface area (Å²) in [7, 11) is 0. The summed E-state index contributed by atoms with van der Waals surface area (Å²) in [5, 5.41) is 8.45. The van der Waals surface area contributed by atoms with Crippen molar-refractivity contribution in [2.24, 2.45) is 0 Å². The molecule has 0 aromatic heterocycles. The molecular weight excluding hydrogens is 240 g/mol. The fourth-order valence-electron chi connectivity index (χ4n) is 1.31. The number of carboxylic acids is 1. The summed E-state index contributed by atoms with van der Waals surface area (Å²) in [6.45, 7) is 2.21. The van der Waals surface area contributed by atoms with Gasteiger partial charge in [0.25, 0.3) is 0 Å². The van der Waals surface area contributed by atoms with E-state index in [4.69, 9.17) is 5.11 Å². The van der Waals surface area contributed by atoms with E-state index in [9.17, 15) is 4.79 Å². The molecule has 0 bridgehead atoms. The lowest BCUT2D eigenvalue weighted by Gasteiger charge is -2.01. The molecule has 96 valence electrons. The second-order valence-electron chi connectivity index (χ2n) is 3.72. The topological polar surface area (TPSA) is 37.3 Å². The summed E-state index contributed by atoms with van der Waals surface area (Å²) < 4.78 is 0.